The van der Waals surface area contributed by atoms with Crippen LogP contribution in [0.3, 0.4) is 0 Å². The van der Waals surface area contributed by atoms with E-state index in [1.807, 2.05) is 24.3 Å². The lowest BCUT2D eigenvalue weighted by Gasteiger charge is -2.00. The molecule has 0 aliphatic carbocycles. The third-order valence-electron chi connectivity index (χ3n) is 2.13. The van der Waals surface area contributed by atoms with E-state index in [9.17, 15) is 4.79 Å². The van der Waals surface area contributed by atoms with E-state index in [0.717, 1.165) is 10.0 Å². The smallest absolute Gasteiger partial charge is 0.288 e. The molecule has 0 radical (unpaired) electrons. The van der Waals surface area contributed by atoms with E-state index in [4.69, 9.17) is 5.21 Å². The first-order valence-corrected chi connectivity index (χ1v) is 5.57. The maximum Gasteiger partial charge on any atom is 0.296 e. The summed E-state index contributed by atoms with van der Waals surface area (Å²) in [6.07, 6.45) is 1.47. The van der Waals surface area contributed by atoms with Gasteiger partial charge in [0.05, 0.1) is 12.7 Å². The molecule has 0 spiro atoms. The molecule has 0 unspecified atom stereocenters. The molecule has 0 aliphatic rings. The highest BCUT2D eigenvalue weighted by Crippen LogP contribution is 2.11. The van der Waals surface area contributed by atoms with Gasteiger partial charge in [0.15, 0.2) is 5.69 Å². The van der Waals surface area contributed by atoms with Crippen molar-refractivity contribution in [3.8, 4) is 0 Å². The van der Waals surface area contributed by atoms with Gasteiger partial charge in [-0.25, -0.2) is 10.2 Å². The molecule has 0 saturated heterocycles. The zero-order valence-electron chi connectivity index (χ0n) is 8.67. The number of benzene rings is 1. The maximum absolute atomic E-state index is 11.0. The van der Waals surface area contributed by atoms with Crippen molar-refractivity contribution in [2.75, 3.05) is 0 Å². The van der Waals surface area contributed by atoms with E-state index in [0.29, 0.717) is 6.54 Å². The summed E-state index contributed by atoms with van der Waals surface area (Å²) < 4.78 is 2.52. The number of carbonyl (C=O) groups is 1. The quantitative estimate of drug-likeness (QED) is 0.659. The monoisotopic (exact) mass is 296 g/mol. The molecular weight excluding hydrogens is 288 g/mol. The molecule has 0 bridgehead atoms. The molecule has 88 valence electrons. The fourth-order valence-corrected chi connectivity index (χ4v) is 1.58. The van der Waals surface area contributed by atoms with Crippen molar-refractivity contribution in [3.05, 3.63) is 46.2 Å². The summed E-state index contributed by atoms with van der Waals surface area (Å²) in [4.78, 5) is 11.0. The fraction of sp³-hybridized carbons (Fsp3) is 0.100. The molecule has 17 heavy (non-hydrogen) atoms. The molecule has 2 N–H and O–H groups in total. The van der Waals surface area contributed by atoms with Crippen molar-refractivity contribution in [1.82, 2.24) is 20.5 Å². The van der Waals surface area contributed by atoms with E-state index in [1.165, 1.54) is 16.4 Å². The Labute approximate surface area is 105 Å². The topological polar surface area (TPSA) is 80.0 Å². The van der Waals surface area contributed by atoms with Crippen LogP contribution in [0, 0.1) is 0 Å². The summed E-state index contributed by atoms with van der Waals surface area (Å²) in [5.41, 5.74) is 2.61. The molecule has 0 aliphatic heterocycles. The first kappa shape index (κ1) is 11.7. The highest BCUT2D eigenvalue weighted by atomic mass is 79.9. The number of aromatic nitrogens is 3. The number of amides is 1. The second kappa shape index (κ2) is 5.07. The first-order chi connectivity index (χ1) is 8.19. The molecular formula is C10H9BrN4O2. The van der Waals surface area contributed by atoms with Crippen LogP contribution in [0.1, 0.15) is 16.1 Å². The number of hydrogen-bond donors (Lipinski definition) is 2. The van der Waals surface area contributed by atoms with Gasteiger partial charge in [0.2, 0.25) is 0 Å². The largest absolute Gasteiger partial charge is 0.296 e. The van der Waals surface area contributed by atoms with Crippen molar-refractivity contribution in [2.45, 2.75) is 6.54 Å². The Balaban J connectivity index is 2.11. The van der Waals surface area contributed by atoms with Crippen LogP contribution < -0.4 is 5.48 Å². The summed E-state index contributed by atoms with van der Waals surface area (Å²) >= 11 is 3.35. The van der Waals surface area contributed by atoms with Gasteiger partial charge in [0, 0.05) is 4.47 Å². The highest BCUT2D eigenvalue weighted by molar-refractivity contribution is 9.10. The van der Waals surface area contributed by atoms with Gasteiger partial charge in [0.25, 0.3) is 5.91 Å². The Kier molecular flexibility index (Phi) is 3.50. The molecule has 1 amide bonds. The predicted octanol–water partition coefficient (Wildman–Crippen LogP) is 1.21. The number of hydrogen-bond acceptors (Lipinski definition) is 4. The predicted molar refractivity (Wildman–Crippen MR) is 62.5 cm³/mol. The molecule has 0 fully saturated rings. The maximum atomic E-state index is 11.0. The highest BCUT2D eigenvalue weighted by Gasteiger charge is 2.09. The first-order valence-electron chi connectivity index (χ1n) is 4.78. The zero-order valence-corrected chi connectivity index (χ0v) is 10.3. The molecule has 0 atom stereocenters. The van der Waals surface area contributed by atoms with Gasteiger partial charge in [0.1, 0.15) is 0 Å². The van der Waals surface area contributed by atoms with Crippen LogP contribution in [0.2, 0.25) is 0 Å². The number of nitrogens with one attached hydrogen (secondary N) is 1. The average molecular weight is 297 g/mol. The Morgan fingerprint density at radius 1 is 1.41 bits per heavy atom. The number of carbonyl (C=O) groups excluding carboxylic acids is 1. The molecule has 1 aromatic carbocycles. The average Bonchev–Trinajstić information content (AvgIpc) is 2.80. The summed E-state index contributed by atoms with van der Waals surface area (Å²) in [6, 6.07) is 7.73. The molecule has 2 rings (SSSR count). The van der Waals surface area contributed by atoms with E-state index in [2.05, 4.69) is 26.2 Å². The Bertz CT molecular complexity index is 523. The van der Waals surface area contributed by atoms with Crippen molar-refractivity contribution in [3.63, 3.8) is 0 Å². The standard InChI is InChI=1S/C10H9BrN4O2/c11-8-3-1-7(2-4-8)5-15-6-9(12-14-15)10(16)13-17/h1-4,6,17H,5H2,(H,13,16). The van der Waals surface area contributed by atoms with Gasteiger partial charge in [-0.1, -0.05) is 33.3 Å². The van der Waals surface area contributed by atoms with E-state index in [-0.39, 0.29) is 5.69 Å². The Morgan fingerprint density at radius 2 is 2.12 bits per heavy atom. The van der Waals surface area contributed by atoms with Crippen LogP contribution >= 0.6 is 15.9 Å². The van der Waals surface area contributed by atoms with Crippen LogP contribution in [0.5, 0.6) is 0 Å². The number of nitrogens with zero attached hydrogens (tertiary/aromatic N) is 3. The van der Waals surface area contributed by atoms with Gasteiger partial charge in [-0.2, -0.15) is 0 Å². The molecule has 6 nitrogen and oxygen atoms in total. The normalized spacial score (nSPS) is 10.2. The molecule has 7 heteroatoms. The lowest BCUT2D eigenvalue weighted by Crippen LogP contribution is -2.18. The van der Waals surface area contributed by atoms with Crippen LogP contribution in [0.25, 0.3) is 0 Å². The van der Waals surface area contributed by atoms with Gasteiger partial charge in [-0.15, -0.1) is 5.10 Å². The van der Waals surface area contributed by atoms with E-state index < -0.39 is 5.91 Å². The summed E-state index contributed by atoms with van der Waals surface area (Å²) in [6.45, 7) is 0.513. The van der Waals surface area contributed by atoms with Crippen LogP contribution in [-0.4, -0.2) is 26.1 Å². The lowest BCUT2D eigenvalue weighted by atomic mass is 10.2. The lowest BCUT2D eigenvalue weighted by molar-refractivity contribution is 0.0700. The summed E-state index contributed by atoms with van der Waals surface area (Å²) in [5, 5.41) is 15.9. The molecule has 2 aromatic rings. The van der Waals surface area contributed by atoms with Crippen LogP contribution in [0.15, 0.2) is 34.9 Å². The Hall–Kier alpha value is -1.73. The van der Waals surface area contributed by atoms with Crippen LogP contribution in [0.4, 0.5) is 0 Å². The van der Waals surface area contributed by atoms with Crippen LogP contribution in [-0.2, 0) is 6.54 Å². The number of hydroxylamine groups is 1. The second-order valence-corrected chi connectivity index (χ2v) is 4.28. The third-order valence-corrected chi connectivity index (χ3v) is 2.66. The third kappa shape index (κ3) is 2.89. The van der Waals surface area contributed by atoms with Crippen molar-refractivity contribution in [1.29, 1.82) is 0 Å². The fourth-order valence-electron chi connectivity index (χ4n) is 1.31. The van der Waals surface area contributed by atoms with Crippen molar-refractivity contribution < 1.29 is 10.0 Å². The zero-order chi connectivity index (χ0) is 12.3. The number of rotatable bonds is 3. The molecule has 0 saturated carbocycles. The van der Waals surface area contributed by atoms with E-state index in [1.54, 1.807) is 0 Å². The van der Waals surface area contributed by atoms with Crippen molar-refractivity contribution >= 4 is 21.8 Å². The van der Waals surface area contributed by atoms with Gasteiger partial charge >= 0.3 is 0 Å². The SMILES string of the molecule is O=C(NO)c1cn(Cc2ccc(Br)cc2)nn1. The minimum atomic E-state index is -0.674. The molecule has 1 heterocycles. The minimum Gasteiger partial charge on any atom is -0.288 e. The summed E-state index contributed by atoms with van der Waals surface area (Å²) in [5.74, 6) is -0.674. The van der Waals surface area contributed by atoms with E-state index >= 15 is 0 Å². The minimum absolute atomic E-state index is 0.0737. The van der Waals surface area contributed by atoms with Gasteiger partial charge < -0.3 is 0 Å². The van der Waals surface area contributed by atoms with Gasteiger partial charge in [-0.05, 0) is 17.7 Å². The number of halogens is 1. The molecule has 1 aromatic heterocycles. The second-order valence-electron chi connectivity index (χ2n) is 3.37. The Morgan fingerprint density at radius 3 is 2.76 bits per heavy atom. The summed E-state index contributed by atoms with van der Waals surface area (Å²) in [7, 11) is 0. The van der Waals surface area contributed by atoms with Gasteiger partial charge in [-0.3, -0.25) is 10.0 Å². The van der Waals surface area contributed by atoms with Crippen molar-refractivity contribution in [2.24, 2.45) is 0 Å².